The van der Waals surface area contributed by atoms with Crippen molar-refractivity contribution in [2.24, 2.45) is 0 Å². The van der Waals surface area contributed by atoms with Gasteiger partial charge in [0.25, 0.3) is 0 Å². The van der Waals surface area contributed by atoms with Gasteiger partial charge in [-0.2, -0.15) is 0 Å². The third-order valence-corrected chi connectivity index (χ3v) is 2.60. The Balaban J connectivity index is 2.14. The van der Waals surface area contributed by atoms with Crippen molar-refractivity contribution >= 4 is 5.69 Å². The quantitative estimate of drug-likeness (QED) is 0.847. The lowest BCUT2D eigenvalue weighted by Crippen LogP contribution is -2.16. The maximum Gasteiger partial charge on any atom is 0.120 e. The molecule has 0 saturated heterocycles. The zero-order valence-electron chi connectivity index (χ0n) is 9.30. The van der Waals surface area contributed by atoms with E-state index in [1.165, 1.54) is 0 Å². The van der Waals surface area contributed by atoms with Gasteiger partial charge in [0.1, 0.15) is 5.75 Å². The van der Waals surface area contributed by atoms with Crippen LogP contribution in [0.4, 0.5) is 5.69 Å². The fraction of sp³-hybridized carbons (Fsp3) is 0.143. The predicted octanol–water partition coefficient (Wildman–Crippen LogP) is 3.03. The molecule has 0 amide bonds. The maximum atomic E-state index is 9.68. The third kappa shape index (κ3) is 2.34. The van der Waals surface area contributed by atoms with E-state index < -0.39 is 0 Å². The van der Waals surface area contributed by atoms with Crippen LogP contribution in [0.5, 0.6) is 5.75 Å². The van der Waals surface area contributed by atoms with Crippen LogP contribution in [0.3, 0.4) is 0 Å². The first-order valence-electron chi connectivity index (χ1n) is 5.30. The Morgan fingerprint density at radius 3 is 2.25 bits per heavy atom. The second-order valence-electron chi connectivity index (χ2n) is 3.82. The molecule has 0 aliphatic carbocycles. The first kappa shape index (κ1) is 10.6. The molecule has 1 N–H and O–H groups in total. The summed E-state index contributed by atoms with van der Waals surface area (Å²) in [6, 6.07) is 17.6. The zero-order chi connectivity index (χ0) is 11.4. The molecule has 0 aromatic heterocycles. The summed E-state index contributed by atoms with van der Waals surface area (Å²) in [6.07, 6.45) is 0. The van der Waals surface area contributed by atoms with Crippen molar-refractivity contribution in [3.8, 4) is 5.75 Å². The lowest BCUT2D eigenvalue weighted by Gasteiger charge is -2.19. The van der Waals surface area contributed by atoms with E-state index in [4.69, 9.17) is 0 Å². The molecule has 0 heterocycles. The van der Waals surface area contributed by atoms with E-state index in [9.17, 15) is 5.11 Å². The minimum Gasteiger partial charge on any atom is -0.508 e. The summed E-state index contributed by atoms with van der Waals surface area (Å²) < 4.78 is 0. The molecular weight excluding hydrogens is 198 g/mol. The first-order chi connectivity index (χ1) is 7.77. The summed E-state index contributed by atoms with van der Waals surface area (Å²) in [7, 11) is 2.02. The number of rotatable bonds is 3. The maximum absolute atomic E-state index is 9.68. The summed E-state index contributed by atoms with van der Waals surface area (Å²) in [5.74, 6) is 0.352. The molecule has 0 aliphatic rings. The Labute approximate surface area is 95.8 Å². The molecule has 0 radical (unpaired) electrons. The number of hydrogen-bond acceptors (Lipinski definition) is 2. The van der Waals surface area contributed by atoms with Crippen molar-refractivity contribution in [3.05, 3.63) is 60.2 Å². The van der Waals surface area contributed by atoms with E-state index >= 15 is 0 Å². The van der Waals surface area contributed by atoms with Crippen LogP contribution >= 0.6 is 0 Å². The number of para-hydroxylation sites is 2. The van der Waals surface area contributed by atoms with E-state index in [0.29, 0.717) is 12.3 Å². The van der Waals surface area contributed by atoms with Gasteiger partial charge >= 0.3 is 0 Å². The standard InChI is InChI=1S/C14H15NO/c1-15(13-8-3-2-4-9-13)11-12-7-5-6-10-14(12)16/h2-10,16H,11H2,1H3. The third-order valence-electron chi connectivity index (χ3n) is 2.60. The van der Waals surface area contributed by atoms with Crippen molar-refractivity contribution < 1.29 is 5.11 Å². The second-order valence-corrected chi connectivity index (χ2v) is 3.82. The fourth-order valence-electron chi connectivity index (χ4n) is 1.67. The summed E-state index contributed by atoms with van der Waals surface area (Å²) in [4.78, 5) is 2.11. The Kier molecular flexibility index (Phi) is 3.10. The van der Waals surface area contributed by atoms with Gasteiger partial charge in [0.2, 0.25) is 0 Å². The fourth-order valence-corrected chi connectivity index (χ4v) is 1.67. The van der Waals surface area contributed by atoms with Crippen LogP contribution in [0.25, 0.3) is 0 Å². The van der Waals surface area contributed by atoms with Gasteiger partial charge in [-0.25, -0.2) is 0 Å². The van der Waals surface area contributed by atoms with Crippen LogP contribution in [-0.4, -0.2) is 12.2 Å². The van der Waals surface area contributed by atoms with Crippen molar-refractivity contribution in [1.29, 1.82) is 0 Å². The molecule has 2 aromatic rings. The predicted molar refractivity (Wildman–Crippen MR) is 66.7 cm³/mol. The number of hydrogen-bond donors (Lipinski definition) is 1. The SMILES string of the molecule is CN(Cc1ccccc1O)c1ccccc1. The van der Waals surface area contributed by atoms with E-state index in [2.05, 4.69) is 17.0 Å². The van der Waals surface area contributed by atoms with Gasteiger partial charge < -0.3 is 10.0 Å². The molecule has 0 aliphatic heterocycles. The normalized spacial score (nSPS) is 10.1. The lowest BCUT2D eigenvalue weighted by molar-refractivity contribution is 0.468. The Hall–Kier alpha value is -1.96. The van der Waals surface area contributed by atoms with Gasteiger partial charge in [0.15, 0.2) is 0 Å². The highest BCUT2D eigenvalue weighted by molar-refractivity contribution is 5.47. The van der Waals surface area contributed by atoms with Gasteiger partial charge in [-0.1, -0.05) is 36.4 Å². The van der Waals surface area contributed by atoms with Crippen molar-refractivity contribution in [2.75, 3.05) is 11.9 Å². The molecule has 0 unspecified atom stereocenters. The minimum atomic E-state index is 0.352. The average molecular weight is 213 g/mol. The van der Waals surface area contributed by atoms with Crippen molar-refractivity contribution in [2.45, 2.75) is 6.54 Å². The first-order valence-corrected chi connectivity index (χ1v) is 5.30. The molecule has 0 spiro atoms. The molecular formula is C14H15NO. The monoisotopic (exact) mass is 213 g/mol. The highest BCUT2D eigenvalue weighted by Gasteiger charge is 2.04. The van der Waals surface area contributed by atoms with Gasteiger partial charge in [-0.05, 0) is 18.2 Å². The minimum absolute atomic E-state index is 0.352. The van der Waals surface area contributed by atoms with E-state index in [-0.39, 0.29) is 0 Å². The molecule has 0 saturated carbocycles. The summed E-state index contributed by atoms with van der Waals surface area (Å²) in [6.45, 7) is 0.705. The number of benzene rings is 2. The molecule has 2 heteroatoms. The highest BCUT2D eigenvalue weighted by atomic mass is 16.3. The number of phenols is 1. The number of anilines is 1. The second kappa shape index (κ2) is 4.71. The summed E-state index contributed by atoms with van der Waals surface area (Å²) in [5.41, 5.74) is 2.08. The van der Waals surface area contributed by atoms with Gasteiger partial charge in [0.05, 0.1) is 0 Å². The van der Waals surface area contributed by atoms with E-state index in [1.54, 1.807) is 6.07 Å². The van der Waals surface area contributed by atoms with Gasteiger partial charge in [-0.3, -0.25) is 0 Å². The van der Waals surface area contributed by atoms with E-state index in [0.717, 1.165) is 11.3 Å². The number of nitrogens with zero attached hydrogens (tertiary/aromatic N) is 1. The summed E-state index contributed by atoms with van der Waals surface area (Å²) >= 11 is 0. The molecule has 0 fully saturated rings. The molecule has 0 bridgehead atoms. The zero-order valence-corrected chi connectivity index (χ0v) is 9.30. The van der Waals surface area contributed by atoms with Gasteiger partial charge in [0, 0.05) is 24.8 Å². The van der Waals surface area contributed by atoms with Crippen molar-refractivity contribution in [1.82, 2.24) is 0 Å². The average Bonchev–Trinajstić information content (AvgIpc) is 2.33. The molecule has 0 atom stereocenters. The topological polar surface area (TPSA) is 23.5 Å². The smallest absolute Gasteiger partial charge is 0.120 e. The Morgan fingerprint density at radius 2 is 1.56 bits per heavy atom. The summed E-state index contributed by atoms with van der Waals surface area (Å²) in [5, 5.41) is 9.68. The van der Waals surface area contributed by atoms with Crippen LogP contribution in [0, 0.1) is 0 Å². The molecule has 16 heavy (non-hydrogen) atoms. The van der Waals surface area contributed by atoms with Gasteiger partial charge in [-0.15, -0.1) is 0 Å². The van der Waals surface area contributed by atoms with Crippen molar-refractivity contribution in [3.63, 3.8) is 0 Å². The van der Waals surface area contributed by atoms with Crippen LogP contribution in [0.15, 0.2) is 54.6 Å². The number of phenolic OH excluding ortho intramolecular Hbond substituents is 1. The Morgan fingerprint density at radius 1 is 0.938 bits per heavy atom. The van der Waals surface area contributed by atoms with Crippen LogP contribution in [0.2, 0.25) is 0 Å². The largest absolute Gasteiger partial charge is 0.508 e. The number of aromatic hydroxyl groups is 1. The van der Waals surface area contributed by atoms with Crippen LogP contribution < -0.4 is 4.90 Å². The van der Waals surface area contributed by atoms with E-state index in [1.807, 2.05) is 43.4 Å². The van der Waals surface area contributed by atoms with Crippen LogP contribution in [-0.2, 0) is 6.54 Å². The molecule has 82 valence electrons. The van der Waals surface area contributed by atoms with Crippen LogP contribution in [0.1, 0.15) is 5.56 Å². The molecule has 2 aromatic carbocycles. The Bertz CT molecular complexity index is 453. The lowest BCUT2D eigenvalue weighted by atomic mass is 10.2. The molecule has 2 rings (SSSR count). The highest BCUT2D eigenvalue weighted by Crippen LogP contribution is 2.20. The molecule has 2 nitrogen and oxygen atoms in total.